The van der Waals surface area contributed by atoms with Gasteiger partial charge in [0, 0.05) is 18.1 Å². The van der Waals surface area contributed by atoms with Gasteiger partial charge in [0.2, 0.25) is 10.0 Å². The maximum absolute atomic E-state index is 13.2. The first kappa shape index (κ1) is 18.8. The molecular formula is C16H15ClF3NO2S. The molecule has 0 saturated carbocycles. The molecule has 0 N–H and O–H groups in total. The highest BCUT2D eigenvalue weighted by atomic mass is 35.5. The van der Waals surface area contributed by atoms with E-state index < -0.39 is 32.7 Å². The Morgan fingerprint density at radius 2 is 1.67 bits per heavy atom. The van der Waals surface area contributed by atoms with Gasteiger partial charge in [-0.1, -0.05) is 41.9 Å². The average Bonchev–Trinajstić information content (AvgIpc) is 2.53. The van der Waals surface area contributed by atoms with Crippen molar-refractivity contribution in [3.8, 4) is 0 Å². The van der Waals surface area contributed by atoms with Gasteiger partial charge in [-0.2, -0.15) is 17.5 Å². The third-order valence-corrected chi connectivity index (χ3v) is 5.95. The molecule has 0 fully saturated rings. The summed E-state index contributed by atoms with van der Waals surface area (Å²) in [5.41, 5.74) is -0.604. The molecule has 0 aliphatic rings. The van der Waals surface area contributed by atoms with Gasteiger partial charge in [-0.05, 0) is 30.7 Å². The van der Waals surface area contributed by atoms with Gasteiger partial charge in [-0.15, -0.1) is 0 Å². The fraction of sp³-hybridized carbons (Fsp3) is 0.250. The summed E-state index contributed by atoms with van der Waals surface area (Å²) in [6, 6.07) is 10.7. The maximum atomic E-state index is 13.2. The van der Waals surface area contributed by atoms with Crippen LogP contribution in [-0.4, -0.2) is 19.8 Å². The average molecular weight is 378 g/mol. The number of hydrogen-bond donors (Lipinski definition) is 0. The van der Waals surface area contributed by atoms with Crippen molar-refractivity contribution in [1.82, 2.24) is 4.31 Å². The van der Waals surface area contributed by atoms with Crippen LogP contribution < -0.4 is 0 Å². The largest absolute Gasteiger partial charge is 0.417 e. The van der Waals surface area contributed by atoms with Crippen LogP contribution in [0.1, 0.15) is 24.1 Å². The van der Waals surface area contributed by atoms with Crippen molar-refractivity contribution in [2.24, 2.45) is 0 Å². The fourth-order valence-corrected chi connectivity index (χ4v) is 3.97. The Labute approximate surface area is 143 Å². The first-order valence-corrected chi connectivity index (χ1v) is 8.76. The summed E-state index contributed by atoms with van der Waals surface area (Å²) >= 11 is 5.60. The van der Waals surface area contributed by atoms with Gasteiger partial charge >= 0.3 is 6.18 Å². The molecule has 2 aromatic rings. The molecule has 0 heterocycles. The molecule has 0 amide bonds. The first-order chi connectivity index (χ1) is 11.0. The number of sulfonamides is 1. The summed E-state index contributed by atoms with van der Waals surface area (Å²) < 4.78 is 65.9. The quantitative estimate of drug-likeness (QED) is 0.771. The summed E-state index contributed by atoms with van der Waals surface area (Å²) in [5, 5.41) is -0.181. The second-order valence-electron chi connectivity index (χ2n) is 5.25. The Balaban J connectivity index is 2.51. The van der Waals surface area contributed by atoms with E-state index in [0.717, 1.165) is 16.4 Å². The molecule has 0 bridgehead atoms. The summed E-state index contributed by atoms with van der Waals surface area (Å²) in [7, 11) is -3.11. The van der Waals surface area contributed by atoms with E-state index >= 15 is 0 Å². The SMILES string of the molecule is CC(c1ccccc1)N(C)S(=O)(=O)c1ccc(Cl)cc1C(F)(F)F. The van der Waals surface area contributed by atoms with E-state index in [9.17, 15) is 21.6 Å². The van der Waals surface area contributed by atoms with Crippen LogP contribution in [-0.2, 0) is 16.2 Å². The van der Waals surface area contributed by atoms with E-state index in [-0.39, 0.29) is 5.02 Å². The van der Waals surface area contributed by atoms with Crippen molar-refractivity contribution in [3.63, 3.8) is 0 Å². The summed E-state index contributed by atoms with van der Waals surface area (Å²) in [6.07, 6.45) is -4.83. The van der Waals surface area contributed by atoms with Crippen LogP contribution in [0.5, 0.6) is 0 Å². The number of alkyl halides is 3. The Hall–Kier alpha value is -1.57. The number of benzene rings is 2. The van der Waals surface area contributed by atoms with Gasteiger partial charge < -0.3 is 0 Å². The molecule has 0 radical (unpaired) electrons. The highest BCUT2D eigenvalue weighted by molar-refractivity contribution is 7.89. The zero-order valence-electron chi connectivity index (χ0n) is 12.9. The van der Waals surface area contributed by atoms with E-state index in [1.807, 2.05) is 0 Å². The third kappa shape index (κ3) is 3.74. The van der Waals surface area contributed by atoms with Crippen LogP contribution in [0.2, 0.25) is 5.02 Å². The lowest BCUT2D eigenvalue weighted by Crippen LogP contribution is -2.31. The van der Waals surface area contributed by atoms with E-state index in [0.29, 0.717) is 11.6 Å². The van der Waals surface area contributed by atoms with Crippen LogP contribution in [0.15, 0.2) is 53.4 Å². The van der Waals surface area contributed by atoms with E-state index in [1.165, 1.54) is 7.05 Å². The topological polar surface area (TPSA) is 37.4 Å². The number of hydrogen-bond acceptors (Lipinski definition) is 2. The monoisotopic (exact) mass is 377 g/mol. The first-order valence-electron chi connectivity index (χ1n) is 6.95. The minimum atomic E-state index is -4.83. The normalized spacial score (nSPS) is 14.0. The molecule has 3 nitrogen and oxygen atoms in total. The lowest BCUT2D eigenvalue weighted by atomic mass is 10.1. The molecule has 1 unspecified atom stereocenters. The Morgan fingerprint density at radius 1 is 1.08 bits per heavy atom. The Kier molecular flexibility index (Phi) is 5.27. The number of halogens is 4. The molecule has 0 aliphatic heterocycles. The third-order valence-electron chi connectivity index (χ3n) is 3.73. The number of nitrogens with zero attached hydrogens (tertiary/aromatic N) is 1. The smallest absolute Gasteiger partial charge is 0.207 e. The molecule has 0 spiro atoms. The molecule has 0 aromatic heterocycles. The van der Waals surface area contributed by atoms with Crippen molar-refractivity contribution >= 4 is 21.6 Å². The molecule has 1 atom stereocenters. The minimum Gasteiger partial charge on any atom is -0.207 e. The van der Waals surface area contributed by atoms with Crippen LogP contribution >= 0.6 is 11.6 Å². The van der Waals surface area contributed by atoms with Crippen molar-refractivity contribution < 1.29 is 21.6 Å². The second-order valence-corrected chi connectivity index (χ2v) is 7.65. The van der Waals surface area contributed by atoms with Crippen molar-refractivity contribution in [2.45, 2.75) is 24.0 Å². The molecule has 0 aliphatic carbocycles. The zero-order chi connectivity index (χ0) is 18.1. The summed E-state index contributed by atoms with van der Waals surface area (Å²) in [6.45, 7) is 1.61. The highest BCUT2D eigenvalue weighted by Gasteiger charge is 2.39. The molecule has 8 heteroatoms. The van der Waals surface area contributed by atoms with Gasteiger partial charge in [0.15, 0.2) is 0 Å². The van der Waals surface area contributed by atoms with Gasteiger partial charge in [-0.25, -0.2) is 8.42 Å². The minimum absolute atomic E-state index is 0.181. The van der Waals surface area contributed by atoms with Crippen molar-refractivity contribution in [1.29, 1.82) is 0 Å². The molecular weight excluding hydrogens is 363 g/mol. The molecule has 130 valence electrons. The van der Waals surface area contributed by atoms with Crippen LogP contribution in [0.3, 0.4) is 0 Å². The molecule has 24 heavy (non-hydrogen) atoms. The number of rotatable bonds is 4. The molecule has 0 saturated heterocycles. The van der Waals surface area contributed by atoms with E-state index in [2.05, 4.69) is 0 Å². The lowest BCUT2D eigenvalue weighted by Gasteiger charge is -2.26. The van der Waals surface area contributed by atoms with Gasteiger partial charge in [0.25, 0.3) is 0 Å². The predicted octanol–water partition coefficient (Wildman–Crippen LogP) is 4.74. The lowest BCUT2D eigenvalue weighted by molar-refractivity contribution is -0.139. The van der Waals surface area contributed by atoms with Crippen molar-refractivity contribution in [3.05, 3.63) is 64.7 Å². The van der Waals surface area contributed by atoms with E-state index in [4.69, 9.17) is 11.6 Å². The van der Waals surface area contributed by atoms with Gasteiger partial charge in [0.1, 0.15) is 0 Å². The van der Waals surface area contributed by atoms with Crippen molar-refractivity contribution in [2.75, 3.05) is 7.05 Å². The molecule has 2 aromatic carbocycles. The van der Waals surface area contributed by atoms with Crippen LogP contribution in [0.25, 0.3) is 0 Å². The van der Waals surface area contributed by atoms with Crippen LogP contribution in [0, 0.1) is 0 Å². The predicted molar refractivity (Wildman–Crippen MR) is 86.3 cm³/mol. The van der Waals surface area contributed by atoms with E-state index in [1.54, 1.807) is 37.3 Å². The second kappa shape index (κ2) is 6.74. The Morgan fingerprint density at radius 3 is 2.21 bits per heavy atom. The maximum Gasteiger partial charge on any atom is 0.417 e. The van der Waals surface area contributed by atoms with Crippen LogP contribution in [0.4, 0.5) is 13.2 Å². The molecule has 2 rings (SSSR count). The van der Waals surface area contributed by atoms with Gasteiger partial charge in [0.05, 0.1) is 10.5 Å². The standard InChI is InChI=1S/C16H15ClF3NO2S/c1-11(12-6-4-3-5-7-12)21(2)24(22,23)15-9-8-13(17)10-14(15)16(18,19)20/h3-11H,1-2H3. The highest BCUT2D eigenvalue weighted by Crippen LogP contribution is 2.38. The Bertz CT molecular complexity index is 823. The summed E-state index contributed by atoms with van der Waals surface area (Å²) in [4.78, 5) is -0.815. The zero-order valence-corrected chi connectivity index (χ0v) is 14.5. The van der Waals surface area contributed by atoms with Gasteiger partial charge in [-0.3, -0.25) is 0 Å². The fourth-order valence-electron chi connectivity index (χ4n) is 2.25. The summed E-state index contributed by atoms with van der Waals surface area (Å²) in [5.74, 6) is 0.